The first-order chi connectivity index (χ1) is 9.35. The lowest BCUT2D eigenvalue weighted by atomic mass is 10.4. The topological polar surface area (TPSA) is 73.6 Å². The maximum atomic E-state index is 12.1. The van der Waals surface area contributed by atoms with Crippen LogP contribution in [0.4, 0.5) is 13.2 Å². The Balaban J connectivity index is 1.96. The van der Waals surface area contributed by atoms with Crippen molar-refractivity contribution in [1.29, 1.82) is 0 Å². The van der Waals surface area contributed by atoms with Crippen molar-refractivity contribution in [2.45, 2.75) is 31.7 Å². The van der Waals surface area contributed by atoms with Gasteiger partial charge in [0.1, 0.15) is 0 Å². The Bertz CT molecular complexity index is 483. The third-order valence-corrected chi connectivity index (χ3v) is 2.52. The Kier molecular flexibility index (Phi) is 4.17. The highest BCUT2D eigenvalue weighted by molar-refractivity contribution is 5.88. The monoisotopic (exact) mass is 294 g/mol. The van der Waals surface area contributed by atoms with E-state index in [1.165, 1.54) is 4.68 Å². The molecule has 0 bridgehead atoms. The number of nitrogens with zero attached hydrogens (tertiary/aromatic N) is 2. The molecule has 9 heteroatoms. The Hall–Kier alpha value is -1.77. The molecule has 1 aromatic rings. The van der Waals surface area contributed by atoms with Crippen LogP contribution in [0, 0.1) is 0 Å². The van der Waals surface area contributed by atoms with Crippen molar-refractivity contribution in [1.82, 2.24) is 9.78 Å². The van der Waals surface area contributed by atoms with Gasteiger partial charge >= 0.3 is 12.1 Å². The molecule has 112 valence electrons. The predicted octanol–water partition coefficient (Wildman–Crippen LogP) is 1.70. The van der Waals surface area contributed by atoms with Gasteiger partial charge in [-0.1, -0.05) is 0 Å². The van der Waals surface area contributed by atoms with Crippen LogP contribution in [0.1, 0.15) is 23.3 Å². The summed E-state index contributed by atoms with van der Waals surface area (Å²) in [6.45, 7) is -0.978. The summed E-state index contributed by atoms with van der Waals surface area (Å²) in [7, 11) is 0. The van der Waals surface area contributed by atoms with Gasteiger partial charge in [-0.05, 0) is 12.8 Å². The Morgan fingerprint density at radius 2 is 2.20 bits per heavy atom. The summed E-state index contributed by atoms with van der Waals surface area (Å²) in [6.07, 6.45) is -1.16. The highest BCUT2D eigenvalue weighted by Gasteiger charge is 2.30. The normalized spacial score (nSPS) is 15.3. The number of hydrogen-bond acceptors (Lipinski definition) is 4. The molecule has 1 saturated carbocycles. The van der Waals surface area contributed by atoms with Crippen LogP contribution in [0.3, 0.4) is 0 Å². The largest absolute Gasteiger partial charge is 0.480 e. The quantitative estimate of drug-likeness (QED) is 0.828. The van der Waals surface area contributed by atoms with Crippen LogP contribution < -0.4 is 4.74 Å². The van der Waals surface area contributed by atoms with E-state index in [-0.39, 0.29) is 12.6 Å². The SMILES string of the molecule is O=C(O)c1nn(CCOC2CC2)cc1OCC(F)(F)F. The summed E-state index contributed by atoms with van der Waals surface area (Å²) in [5, 5.41) is 12.5. The van der Waals surface area contributed by atoms with Gasteiger partial charge in [-0.15, -0.1) is 0 Å². The lowest BCUT2D eigenvalue weighted by Crippen LogP contribution is -2.19. The lowest BCUT2D eigenvalue weighted by Gasteiger charge is -2.07. The first-order valence-electron chi connectivity index (χ1n) is 5.97. The predicted molar refractivity (Wildman–Crippen MR) is 59.7 cm³/mol. The summed E-state index contributed by atoms with van der Waals surface area (Å²) in [4.78, 5) is 10.9. The first kappa shape index (κ1) is 14.6. The van der Waals surface area contributed by atoms with Gasteiger partial charge in [0.05, 0.1) is 25.5 Å². The number of rotatable bonds is 7. The van der Waals surface area contributed by atoms with Crippen molar-refractivity contribution in [3.63, 3.8) is 0 Å². The molecule has 0 amide bonds. The molecule has 1 heterocycles. The number of aromatic carboxylic acids is 1. The van der Waals surface area contributed by atoms with E-state index < -0.39 is 30.2 Å². The number of aromatic nitrogens is 2. The van der Waals surface area contributed by atoms with Crippen LogP contribution in [0.25, 0.3) is 0 Å². The molecule has 0 atom stereocenters. The third kappa shape index (κ3) is 4.41. The van der Waals surface area contributed by atoms with E-state index in [2.05, 4.69) is 9.84 Å². The molecule has 0 aromatic carbocycles. The minimum Gasteiger partial charge on any atom is -0.480 e. The molecule has 0 aliphatic heterocycles. The van der Waals surface area contributed by atoms with Crippen molar-refractivity contribution in [3.05, 3.63) is 11.9 Å². The summed E-state index contributed by atoms with van der Waals surface area (Å²) >= 11 is 0. The molecule has 2 rings (SSSR count). The van der Waals surface area contributed by atoms with Crippen LogP contribution in [0.2, 0.25) is 0 Å². The molecule has 1 aliphatic carbocycles. The molecule has 0 spiro atoms. The lowest BCUT2D eigenvalue weighted by molar-refractivity contribution is -0.153. The molecule has 0 radical (unpaired) electrons. The number of alkyl halides is 3. The van der Waals surface area contributed by atoms with Gasteiger partial charge in [0, 0.05) is 0 Å². The number of carboxylic acid groups (broad SMARTS) is 1. The number of carboxylic acids is 1. The molecule has 0 unspecified atom stereocenters. The van der Waals surface area contributed by atoms with E-state index in [9.17, 15) is 18.0 Å². The maximum absolute atomic E-state index is 12.1. The Morgan fingerprint density at radius 3 is 2.75 bits per heavy atom. The van der Waals surface area contributed by atoms with Crippen molar-refractivity contribution in [3.8, 4) is 5.75 Å². The van der Waals surface area contributed by atoms with Crippen molar-refractivity contribution >= 4 is 5.97 Å². The zero-order valence-electron chi connectivity index (χ0n) is 10.4. The van der Waals surface area contributed by atoms with Crippen LogP contribution in [-0.4, -0.2) is 46.4 Å². The highest BCUT2D eigenvalue weighted by atomic mass is 19.4. The summed E-state index contributed by atoms with van der Waals surface area (Å²) in [6, 6.07) is 0. The second-order valence-corrected chi connectivity index (χ2v) is 4.38. The minimum absolute atomic E-state index is 0.241. The second kappa shape index (κ2) is 5.70. The zero-order chi connectivity index (χ0) is 14.8. The van der Waals surface area contributed by atoms with Gasteiger partial charge in [0.2, 0.25) is 5.69 Å². The fourth-order valence-corrected chi connectivity index (χ4v) is 1.48. The van der Waals surface area contributed by atoms with E-state index in [0.29, 0.717) is 6.61 Å². The van der Waals surface area contributed by atoms with Crippen LogP contribution in [0.15, 0.2) is 6.20 Å². The average molecular weight is 294 g/mol. The van der Waals surface area contributed by atoms with Crippen LogP contribution in [-0.2, 0) is 11.3 Å². The third-order valence-electron chi connectivity index (χ3n) is 2.52. The molecular weight excluding hydrogens is 281 g/mol. The molecule has 20 heavy (non-hydrogen) atoms. The van der Waals surface area contributed by atoms with Gasteiger partial charge in [-0.2, -0.15) is 18.3 Å². The molecule has 1 fully saturated rings. The molecule has 1 aliphatic rings. The standard InChI is InChI=1S/C11H13F3N2O4/c12-11(13,14)6-20-8-5-16(15-9(8)10(17)18)3-4-19-7-1-2-7/h5,7H,1-4,6H2,(H,17,18). The fourth-order valence-electron chi connectivity index (χ4n) is 1.48. The summed E-state index contributed by atoms with van der Waals surface area (Å²) in [5.41, 5.74) is -0.541. The number of halogens is 3. The zero-order valence-corrected chi connectivity index (χ0v) is 10.4. The summed E-state index contributed by atoms with van der Waals surface area (Å²) in [5.74, 6) is -1.84. The van der Waals surface area contributed by atoms with Crippen LogP contribution in [0.5, 0.6) is 5.75 Å². The van der Waals surface area contributed by atoms with Crippen molar-refractivity contribution < 1.29 is 32.5 Å². The van der Waals surface area contributed by atoms with Crippen molar-refractivity contribution in [2.75, 3.05) is 13.2 Å². The van der Waals surface area contributed by atoms with E-state index in [1.54, 1.807) is 0 Å². The second-order valence-electron chi connectivity index (χ2n) is 4.38. The Labute approximate surface area is 112 Å². The molecule has 1 aromatic heterocycles. The molecular formula is C11H13F3N2O4. The van der Waals surface area contributed by atoms with E-state index >= 15 is 0 Å². The van der Waals surface area contributed by atoms with Crippen molar-refractivity contribution in [2.24, 2.45) is 0 Å². The fraction of sp³-hybridized carbons (Fsp3) is 0.636. The Morgan fingerprint density at radius 1 is 1.50 bits per heavy atom. The van der Waals surface area contributed by atoms with Gasteiger partial charge in [-0.3, -0.25) is 4.68 Å². The number of hydrogen-bond donors (Lipinski definition) is 1. The van der Waals surface area contributed by atoms with E-state index in [1.807, 2.05) is 0 Å². The minimum atomic E-state index is -4.53. The molecule has 6 nitrogen and oxygen atoms in total. The average Bonchev–Trinajstić information content (AvgIpc) is 3.04. The van der Waals surface area contributed by atoms with Gasteiger partial charge in [0.15, 0.2) is 12.4 Å². The van der Waals surface area contributed by atoms with E-state index in [0.717, 1.165) is 19.0 Å². The van der Waals surface area contributed by atoms with Crippen LogP contribution >= 0.6 is 0 Å². The first-order valence-corrected chi connectivity index (χ1v) is 5.97. The smallest absolute Gasteiger partial charge is 0.422 e. The number of carbonyl (C=O) groups is 1. The maximum Gasteiger partial charge on any atom is 0.422 e. The number of ether oxygens (including phenoxy) is 2. The van der Waals surface area contributed by atoms with E-state index in [4.69, 9.17) is 9.84 Å². The molecule has 1 N–H and O–H groups in total. The van der Waals surface area contributed by atoms with Gasteiger partial charge in [0.25, 0.3) is 0 Å². The van der Waals surface area contributed by atoms with Gasteiger partial charge in [-0.25, -0.2) is 4.79 Å². The van der Waals surface area contributed by atoms with Gasteiger partial charge < -0.3 is 14.6 Å². The highest BCUT2D eigenvalue weighted by Crippen LogP contribution is 2.24. The molecule has 0 saturated heterocycles. The summed E-state index contributed by atoms with van der Waals surface area (Å²) < 4.78 is 47.2.